The molecule has 2 bridgehead atoms. The Bertz CT molecular complexity index is 350. The molecule has 1 aliphatic heterocycles. The van der Waals surface area contributed by atoms with Gasteiger partial charge in [0.25, 0.3) is 0 Å². The van der Waals surface area contributed by atoms with Crippen LogP contribution in [0.2, 0.25) is 0 Å². The van der Waals surface area contributed by atoms with Gasteiger partial charge in [-0.3, -0.25) is 0 Å². The molecule has 1 heterocycles. The zero-order valence-electron chi connectivity index (χ0n) is 9.42. The van der Waals surface area contributed by atoms with Crippen LogP contribution in [-0.4, -0.2) is 13.1 Å². The molecule has 1 saturated carbocycles. The van der Waals surface area contributed by atoms with E-state index in [0.29, 0.717) is 5.41 Å². The number of benzene rings is 1. The van der Waals surface area contributed by atoms with Gasteiger partial charge in [-0.05, 0) is 44.2 Å². The van der Waals surface area contributed by atoms with Crippen molar-refractivity contribution >= 4 is 0 Å². The second-order valence-electron chi connectivity index (χ2n) is 5.39. The maximum Gasteiger partial charge on any atom is 0.00810 e. The largest absolute Gasteiger partial charge is 0.316 e. The van der Waals surface area contributed by atoms with E-state index in [4.69, 9.17) is 0 Å². The normalized spacial score (nSPS) is 34.3. The molecule has 1 aromatic carbocycles. The van der Waals surface area contributed by atoms with Gasteiger partial charge < -0.3 is 5.32 Å². The highest BCUT2D eigenvalue weighted by Crippen LogP contribution is 2.45. The number of rotatable bonds is 1. The molecule has 1 aliphatic carbocycles. The third kappa shape index (κ3) is 1.50. The van der Waals surface area contributed by atoms with Crippen molar-refractivity contribution in [3.63, 3.8) is 0 Å². The minimum absolute atomic E-state index is 0.469. The number of fused-ring (bicyclic) bond motifs is 2. The molecular weight excluding hydrogens is 182 g/mol. The summed E-state index contributed by atoms with van der Waals surface area (Å²) >= 11 is 0. The maximum atomic E-state index is 3.60. The monoisotopic (exact) mass is 201 g/mol. The highest BCUT2D eigenvalue weighted by molar-refractivity contribution is 5.31. The maximum absolute atomic E-state index is 3.60. The molecule has 80 valence electrons. The molecule has 0 radical (unpaired) electrons. The summed E-state index contributed by atoms with van der Waals surface area (Å²) < 4.78 is 0. The second kappa shape index (κ2) is 3.34. The van der Waals surface area contributed by atoms with E-state index >= 15 is 0 Å². The van der Waals surface area contributed by atoms with Crippen LogP contribution in [0.15, 0.2) is 24.3 Å². The molecule has 2 unspecified atom stereocenters. The number of hydrogen-bond acceptors (Lipinski definition) is 1. The van der Waals surface area contributed by atoms with Crippen molar-refractivity contribution in [1.82, 2.24) is 5.32 Å². The molecule has 1 aromatic rings. The molecule has 1 saturated heterocycles. The third-order valence-electron chi connectivity index (χ3n) is 4.27. The van der Waals surface area contributed by atoms with Crippen LogP contribution < -0.4 is 5.32 Å². The van der Waals surface area contributed by atoms with E-state index in [9.17, 15) is 0 Å². The summed E-state index contributed by atoms with van der Waals surface area (Å²) in [4.78, 5) is 0. The average molecular weight is 201 g/mol. The Morgan fingerprint density at radius 3 is 2.87 bits per heavy atom. The van der Waals surface area contributed by atoms with Crippen LogP contribution >= 0.6 is 0 Å². The van der Waals surface area contributed by atoms with Gasteiger partial charge in [-0.2, -0.15) is 0 Å². The average Bonchev–Trinajstić information content (AvgIpc) is 2.56. The number of hydrogen-bond donors (Lipinski definition) is 1. The second-order valence-corrected chi connectivity index (χ2v) is 5.39. The fraction of sp³-hybridized carbons (Fsp3) is 0.571. The van der Waals surface area contributed by atoms with E-state index in [2.05, 4.69) is 36.5 Å². The molecule has 0 amide bonds. The first kappa shape index (κ1) is 9.41. The minimum atomic E-state index is 0.469. The lowest BCUT2D eigenvalue weighted by Crippen LogP contribution is -2.42. The quantitative estimate of drug-likeness (QED) is 0.736. The lowest BCUT2D eigenvalue weighted by atomic mass is 9.76. The molecule has 3 rings (SSSR count). The van der Waals surface area contributed by atoms with Crippen LogP contribution in [0.3, 0.4) is 0 Å². The van der Waals surface area contributed by atoms with E-state index in [1.54, 1.807) is 5.56 Å². The van der Waals surface area contributed by atoms with Gasteiger partial charge in [0, 0.05) is 12.0 Å². The highest BCUT2D eigenvalue weighted by Gasteiger charge is 2.42. The lowest BCUT2D eigenvalue weighted by molar-refractivity contribution is 0.327. The molecular formula is C14H19N. The van der Waals surface area contributed by atoms with Crippen molar-refractivity contribution in [2.45, 2.75) is 31.6 Å². The standard InChI is InChI=1S/C14H19N/c1-11-2-4-13(5-3-11)14-7-6-12(8-14)9-15-10-14/h2-5,12,15H,6-10H2,1H3. The van der Waals surface area contributed by atoms with Gasteiger partial charge in [-0.1, -0.05) is 29.8 Å². The van der Waals surface area contributed by atoms with Gasteiger partial charge in [-0.25, -0.2) is 0 Å². The van der Waals surface area contributed by atoms with Crippen molar-refractivity contribution in [2.24, 2.45) is 5.92 Å². The van der Waals surface area contributed by atoms with Gasteiger partial charge >= 0.3 is 0 Å². The molecule has 0 aromatic heterocycles. The zero-order valence-corrected chi connectivity index (χ0v) is 9.42. The van der Waals surface area contributed by atoms with Crippen molar-refractivity contribution in [1.29, 1.82) is 0 Å². The Morgan fingerprint density at radius 2 is 2.07 bits per heavy atom. The lowest BCUT2D eigenvalue weighted by Gasteiger charge is -2.34. The van der Waals surface area contributed by atoms with E-state index in [-0.39, 0.29) is 0 Å². The fourth-order valence-corrected chi connectivity index (χ4v) is 3.36. The SMILES string of the molecule is Cc1ccc(C23CCC(CNC2)C3)cc1. The van der Waals surface area contributed by atoms with E-state index in [1.807, 2.05) is 0 Å². The molecule has 2 fully saturated rings. The van der Waals surface area contributed by atoms with Crippen molar-refractivity contribution in [2.75, 3.05) is 13.1 Å². The smallest absolute Gasteiger partial charge is 0.00810 e. The molecule has 0 spiro atoms. The number of piperidine rings is 1. The third-order valence-corrected chi connectivity index (χ3v) is 4.27. The van der Waals surface area contributed by atoms with Crippen molar-refractivity contribution in [3.8, 4) is 0 Å². The molecule has 1 heteroatoms. The Kier molecular flexibility index (Phi) is 2.10. The first-order chi connectivity index (χ1) is 7.28. The van der Waals surface area contributed by atoms with Crippen LogP contribution in [0, 0.1) is 12.8 Å². The van der Waals surface area contributed by atoms with Gasteiger partial charge in [0.15, 0.2) is 0 Å². The summed E-state index contributed by atoms with van der Waals surface area (Å²) in [6, 6.07) is 9.19. The van der Waals surface area contributed by atoms with Crippen LogP contribution in [0.1, 0.15) is 30.4 Å². The van der Waals surface area contributed by atoms with E-state index in [1.165, 1.54) is 37.9 Å². The summed E-state index contributed by atoms with van der Waals surface area (Å²) in [5.74, 6) is 0.931. The Morgan fingerprint density at radius 1 is 1.27 bits per heavy atom. The van der Waals surface area contributed by atoms with Crippen molar-refractivity contribution < 1.29 is 0 Å². The van der Waals surface area contributed by atoms with Gasteiger partial charge in [0.05, 0.1) is 0 Å². The Labute approximate surface area is 91.9 Å². The Balaban J connectivity index is 1.95. The predicted molar refractivity (Wildman–Crippen MR) is 63.1 cm³/mol. The molecule has 1 nitrogen and oxygen atoms in total. The Hall–Kier alpha value is -0.820. The highest BCUT2D eigenvalue weighted by atomic mass is 14.9. The first-order valence-corrected chi connectivity index (χ1v) is 6.06. The van der Waals surface area contributed by atoms with E-state index in [0.717, 1.165) is 5.92 Å². The van der Waals surface area contributed by atoms with Crippen LogP contribution in [-0.2, 0) is 5.41 Å². The summed E-state index contributed by atoms with van der Waals surface area (Å²) in [6.07, 6.45) is 4.21. The minimum Gasteiger partial charge on any atom is -0.316 e. The van der Waals surface area contributed by atoms with Crippen LogP contribution in [0.5, 0.6) is 0 Å². The fourth-order valence-electron chi connectivity index (χ4n) is 3.36. The van der Waals surface area contributed by atoms with Gasteiger partial charge in [0.1, 0.15) is 0 Å². The number of nitrogens with one attached hydrogen (secondary N) is 1. The van der Waals surface area contributed by atoms with Crippen LogP contribution in [0.25, 0.3) is 0 Å². The summed E-state index contributed by atoms with van der Waals surface area (Å²) in [5.41, 5.74) is 3.40. The molecule has 1 N–H and O–H groups in total. The predicted octanol–water partition coefficient (Wildman–Crippen LogP) is 2.64. The molecule has 2 atom stereocenters. The summed E-state index contributed by atoms with van der Waals surface area (Å²) in [6.45, 7) is 4.60. The van der Waals surface area contributed by atoms with Crippen LogP contribution in [0.4, 0.5) is 0 Å². The van der Waals surface area contributed by atoms with E-state index < -0.39 is 0 Å². The summed E-state index contributed by atoms with van der Waals surface area (Å²) in [5, 5.41) is 3.60. The number of aryl methyl sites for hydroxylation is 1. The topological polar surface area (TPSA) is 12.0 Å². The van der Waals surface area contributed by atoms with Crippen molar-refractivity contribution in [3.05, 3.63) is 35.4 Å². The molecule has 2 aliphatic rings. The first-order valence-electron chi connectivity index (χ1n) is 6.06. The van der Waals surface area contributed by atoms with Gasteiger partial charge in [0.2, 0.25) is 0 Å². The zero-order chi connectivity index (χ0) is 10.3. The molecule has 15 heavy (non-hydrogen) atoms. The van der Waals surface area contributed by atoms with Gasteiger partial charge in [-0.15, -0.1) is 0 Å². The summed E-state index contributed by atoms with van der Waals surface area (Å²) in [7, 11) is 0.